The molecule has 34 heavy (non-hydrogen) atoms. The second-order valence-corrected chi connectivity index (χ2v) is 12.4. The summed E-state index contributed by atoms with van der Waals surface area (Å²) in [5.41, 5.74) is 1.77. The molecule has 1 aliphatic heterocycles. The van der Waals surface area contributed by atoms with Crippen molar-refractivity contribution in [1.82, 2.24) is 14.8 Å². The molecule has 0 radical (unpaired) electrons. The molecule has 1 fully saturated rings. The van der Waals surface area contributed by atoms with E-state index in [1.54, 1.807) is 47.6 Å². The summed E-state index contributed by atoms with van der Waals surface area (Å²) in [7, 11) is -1.44. The fourth-order valence-electron chi connectivity index (χ4n) is 4.39. The molecule has 2 amide bonds. The number of nitrogens with zero attached hydrogens (tertiary/aromatic N) is 2. The first-order valence-electron chi connectivity index (χ1n) is 11.3. The molecule has 184 valence electrons. The van der Waals surface area contributed by atoms with Crippen LogP contribution in [0.25, 0.3) is 0 Å². The summed E-state index contributed by atoms with van der Waals surface area (Å²) in [5.74, 6) is -0.464. The number of fused-ring (bicyclic) bond motifs is 1. The number of carbonyl (C=O) groups is 2. The van der Waals surface area contributed by atoms with Crippen LogP contribution in [0.1, 0.15) is 53.2 Å². The highest BCUT2D eigenvalue weighted by atomic mass is 35.5. The van der Waals surface area contributed by atoms with Gasteiger partial charge in [0, 0.05) is 42.0 Å². The van der Waals surface area contributed by atoms with Crippen LogP contribution in [-0.4, -0.2) is 71.0 Å². The molecule has 1 saturated carbocycles. The van der Waals surface area contributed by atoms with Gasteiger partial charge in [0.05, 0.1) is 22.2 Å². The summed E-state index contributed by atoms with van der Waals surface area (Å²) in [4.78, 5) is 27.7. The van der Waals surface area contributed by atoms with Crippen LogP contribution < -0.4 is 5.32 Å². The minimum atomic E-state index is -1.44. The van der Waals surface area contributed by atoms with Gasteiger partial charge < -0.3 is 25.0 Å². The summed E-state index contributed by atoms with van der Waals surface area (Å²) in [6.07, 6.45) is 0.295. The molecule has 2 heterocycles. The second kappa shape index (κ2) is 9.45. The number of aromatic nitrogens is 1. The van der Waals surface area contributed by atoms with Gasteiger partial charge in [-0.2, -0.15) is 0 Å². The molecule has 2 atom stereocenters. The zero-order valence-corrected chi connectivity index (χ0v) is 20.9. The van der Waals surface area contributed by atoms with E-state index in [-0.39, 0.29) is 11.8 Å². The summed E-state index contributed by atoms with van der Waals surface area (Å²) >= 11 is 5.90. The molecular formula is C24H30ClN3O5S. The number of benzene rings is 1. The summed E-state index contributed by atoms with van der Waals surface area (Å²) in [6.45, 7) is 4.44. The van der Waals surface area contributed by atoms with E-state index in [1.807, 2.05) is 12.1 Å². The minimum Gasteiger partial charge on any atom is -0.394 e. The Morgan fingerprint density at radius 3 is 2.50 bits per heavy atom. The van der Waals surface area contributed by atoms with E-state index in [4.69, 9.17) is 11.6 Å². The topological polar surface area (TPSA) is 112 Å². The first-order valence-corrected chi connectivity index (χ1v) is 12.8. The lowest BCUT2D eigenvalue weighted by Crippen LogP contribution is -2.52. The Morgan fingerprint density at radius 1 is 1.21 bits per heavy atom. The van der Waals surface area contributed by atoms with E-state index in [0.717, 1.165) is 5.56 Å². The van der Waals surface area contributed by atoms with Crippen molar-refractivity contribution in [3.05, 3.63) is 58.4 Å². The van der Waals surface area contributed by atoms with E-state index in [1.165, 1.54) is 0 Å². The van der Waals surface area contributed by atoms with Crippen LogP contribution in [0.2, 0.25) is 5.02 Å². The number of nitrogens with one attached hydrogen (secondary N) is 1. The number of hydrogen-bond donors (Lipinski definition) is 3. The zero-order chi connectivity index (χ0) is 24.7. The predicted octanol–water partition coefficient (Wildman–Crippen LogP) is 1.94. The molecule has 0 bridgehead atoms. The highest BCUT2D eigenvalue weighted by molar-refractivity contribution is 7.88. The van der Waals surface area contributed by atoms with Crippen molar-refractivity contribution in [3.63, 3.8) is 0 Å². The largest absolute Gasteiger partial charge is 0.394 e. The van der Waals surface area contributed by atoms with E-state index >= 15 is 0 Å². The van der Waals surface area contributed by atoms with Crippen molar-refractivity contribution < 1.29 is 24.0 Å². The van der Waals surface area contributed by atoms with Crippen molar-refractivity contribution >= 4 is 34.2 Å². The highest BCUT2D eigenvalue weighted by Gasteiger charge is 2.56. The third-order valence-corrected chi connectivity index (χ3v) is 9.62. The fraction of sp³-hybridized carbons (Fsp3) is 0.500. The van der Waals surface area contributed by atoms with Crippen LogP contribution in [0.15, 0.2) is 36.4 Å². The Kier molecular flexibility index (Phi) is 6.92. The first-order chi connectivity index (χ1) is 16.1. The minimum absolute atomic E-state index is 0.202. The van der Waals surface area contributed by atoms with Gasteiger partial charge in [0.2, 0.25) is 0 Å². The van der Waals surface area contributed by atoms with Crippen molar-refractivity contribution in [1.29, 1.82) is 0 Å². The Bertz CT molecular complexity index is 1110. The van der Waals surface area contributed by atoms with Crippen molar-refractivity contribution in [2.45, 2.75) is 55.4 Å². The monoisotopic (exact) mass is 507 g/mol. The van der Waals surface area contributed by atoms with Gasteiger partial charge in [0.25, 0.3) is 11.8 Å². The Balaban J connectivity index is 1.43. The molecule has 2 unspecified atom stereocenters. The number of amides is 2. The van der Waals surface area contributed by atoms with Gasteiger partial charge in [-0.05, 0) is 56.5 Å². The van der Waals surface area contributed by atoms with Crippen molar-refractivity contribution in [2.75, 3.05) is 19.7 Å². The molecule has 8 nitrogen and oxygen atoms in total. The summed E-state index contributed by atoms with van der Waals surface area (Å²) < 4.78 is 13.5. The van der Waals surface area contributed by atoms with Crippen molar-refractivity contribution in [2.24, 2.45) is 0 Å². The normalized spacial score (nSPS) is 18.9. The Labute approximate surface area is 206 Å². The smallest absolute Gasteiger partial charge is 0.270 e. The van der Waals surface area contributed by atoms with Gasteiger partial charge in [0.1, 0.15) is 11.4 Å². The fourth-order valence-corrected chi connectivity index (χ4v) is 6.70. The number of carbonyl (C=O) groups excluding carboxylic acids is 2. The van der Waals surface area contributed by atoms with Crippen LogP contribution in [0.4, 0.5) is 0 Å². The molecule has 4 rings (SSSR count). The molecule has 1 aromatic heterocycles. The lowest BCUT2D eigenvalue weighted by Gasteiger charge is -2.36. The first kappa shape index (κ1) is 24.9. The van der Waals surface area contributed by atoms with Gasteiger partial charge in [-0.15, -0.1) is 0 Å². The lowest BCUT2D eigenvalue weighted by atomic mass is 10.1. The van der Waals surface area contributed by atoms with Crippen molar-refractivity contribution in [3.8, 4) is 0 Å². The molecule has 3 N–H and O–H groups in total. The van der Waals surface area contributed by atoms with Crippen LogP contribution in [0, 0.1) is 0 Å². The Hall–Kier alpha value is -2.20. The van der Waals surface area contributed by atoms with Crippen LogP contribution in [-0.2, 0) is 23.9 Å². The second-order valence-electron chi connectivity index (χ2n) is 9.54. The number of halogens is 1. The van der Waals surface area contributed by atoms with E-state index in [9.17, 15) is 24.0 Å². The third kappa shape index (κ3) is 4.66. The Morgan fingerprint density at radius 2 is 1.88 bits per heavy atom. The van der Waals surface area contributed by atoms with Gasteiger partial charge in [-0.1, -0.05) is 23.7 Å². The molecule has 1 aromatic carbocycles. The van der Waals surface area contributed by atoms with Gasteiger partial charge >= 0.3 is 0 Å². The highest BCUT2D eigenvalue weighted by Crippen LogP contribution is 2.47. The number of aliphatic hydroxyl groups excluding tert-OH is 2. The lowest BCUT2D eigenvalue weighted by molar-refractivity contribution is 0.0677. The SMILES string of the molecule is CC(C)(C(O)CO)S(=O)C1(CN2CCn3c(C(=O)NCc4ccc(Cl)cc4)ccc3C2=O)CC1. The molecule has 10 heteroatoms. The molecule has 0 spiro atoms. The average molecular weight is 508 g/mol. The molecular weight excluding hydrogens is 478 g/mol. The van der Waals surface area contributed by atoms with Crippen LogP contribution in [0.5, 0.6) is 0 Å². The standard InChI is InChI=1S/C24H30ClN3O5S/c1-23(2,20(30)14-29)34(33)24(9-10-24)15-27-11-12-28-18(7-8-19(28)22(27)32)21(31)26-13-16-3-5-17(25)6-4-16/h3-8,20,29-30H,9-15H2,1-2H3,(H,26,31). The maximum atomic E-state index is 13.3. The van der Waals surface area contributed by atoms with Gasteiger partial charge in [0.15, 0.2) is 0 Å². The summed E-state index contributed by atoms with van der Waals surface area (Å²) in [6, 6.07) is 10.5. The average Bonchev–Trinajstić information content (AvgIpc) is 3.47. The van der Waals surface area contributed by atoms with E-state index in [0.29, 0.717) is 55.4 Å². The number of hydrogen-bond acceptors (Lipinski definition) is 5. The zero-order valence-electron chi connectivity index (χ0n) is 19.3. The van der Waals surface area contributed by atoms with E-state index < -0.39 is 33.0 Å². The molecule has 0 saturated heterocycles. The maximum absolute atomic E-state index is 13.3. The van der Waals surface area contributed by atoms with Crippen LogP contribution in [0.3, 0.4) is 0 Å². The molecule has 1 aliphatic carbocycles. The quantitative estimate of drug-likeness (QED) is 0.480. The maximum Gasteiger partial charge on any atom is 0.270 e. The summed E-state index contributed by atoms with van der Waals surface area (Å²) in [5, 5.41) is 23.0. The van der Waals surface area contributed by atoms with Crippen LogP contribution >= 0.6 is 11.6 Å². The van der Waals surface area contributed by atoms with E-state index in [2.05, 4.69) is 5.32 Å². The predicted molar refractivity (Wildman–Crippen MR) is 130 cm³/mol. The number of rotatable bonds is 9. The van der Waals surface area contributed by atoms with Gasteiger partial charge in [-0.25, -0.2) is 0 Å². The third-order valence-electron chi connectivity index (χ3n) is 6.81. The molecule has 2 aromatic rings. The molecule has 2 aliphatic rings. The van der Waals surface area contributed by atoms with Gasteiger partial charge in [-0.3, -0.25) is 13.8 Å². The number of aliphatic hydroxyl groups is 2.